The number of ether oxygens (including phenoxy) is 2. The van der Waals surface area contributed by atoms with E-state index in [1.54, 1.807) is 37.6 Å². The lowest BCUT2D eigenvalue weighted by Crippen LogP contribution is -2.48. The molecule has 5 rings (SSSR count). The molecule has 208 valence electrons. The average molecular weight is 544 g/mol. The molecule has 0 spiro atoms. The Labute approximate surface area is 233 Å². The molecule has 1 atom stereocenters. The van der Waals surface area contributed by atoms with E-state index in [0.29, 0.717) is 17.1 Å². The summed E-state index contributed by atoms with van der Waals surface area (Å²) in [5, 5.41) is 4.10. The fraction of sp³-hybridized carbons (Fsp3) is 0.312. The van der Waals surface area contributed by atoms with E-state index in [9.17, 15) is 14.0 Å². The number of hydrogen-bond acceptors (Lipinski definition) is 4. The molecule has 7 nitrogen and oxygen atoms in total. The molecule has 8 heteroatoms. The molecule has 1 unspecified atom stereocenters. The van der Waals surface area contributed by atoms with E-state index in [-0.39, 0.29) is 30.0 Å². The van der Waals surface area contributed by atoms with Gasteiger partial charge in [-0.25, -0.2) is 4.39 Å². The van der Waals surface area contributed by atoms with Gasteiger partial charge in [-0.3, -0.25) is 14.5 Å². The first kappa shape index (κ1) is 27.2. The van der Waals surface area contributed by atoms with Gasteiger partial charge in [-0.15, -0.1) is 0 Å². The Morgan fingerprint density at radius 1 is 1.00 bits per heavy atom. The van der Waals surface area contributed by atoms with E-state index in [1.165, 1.54) is 30.2 Å². The number of methoxy groups -OCH3 is 2. The van der Waals surface area contributed by atoms with Crippen molar-refractivity contribution in [3.05, 3.63) is 89.9 Å². The van der Waals surface area contributed by atoms with Gasteiger partial charge < -0.3 is 19.8 Å². The first-order valence-corrected chi connectivity index (χ1v) is 13.6. The maximum atomic E-state index is 14.6. The van der Waals surface area contributed by atoms with Crippen LogP contribution in [0.3, 0.4) is 0 Å². The number of aromatic nitrogens is 1. The Morgan fingerprint density at radius 3 is 2.55 bits per heavy atom. The summed E-state index contributed by atoms with van der Waals surface area (Å²) in [7, 11) is 3.06. The third-order valence-corrected chi connectivity index (χ3v) is 7.56. The van der Waals surface area contributed by atoms with Crippen molar-refractivity contribution < 1.29 is 23.5 Å². The summed E-state index contributed by atoms with van der Waals surface area (Å²) in [6.45, 7) is 0. The molecule has 1 aliphatic carbocycles. The Morgan fingerprint density at radius 2 is 1.80 bits per heavy atom. The second-order valence-corrected chi connectivity index (χ2v) is 10.1. The van der Waals surface area contributed by atoms with E-state index in [1.807, 2.05) is 24.3 Å². The SMILES string of the molecule is COc1ccc(C(C(=O)NC2CCCCC2)N(C(=O)Cc2c[nH]c3ccccc23)c2cccc(F)c2)c(OC)c1. The van der Waals surface area contributed by atoms with Crippen molar-refractivity contribution in [2.75, 3.05) is 19.1 Å². The zero-order chi connectivity index (χ0) is 28.1. The van der Waals surface area contributed by atoms with Crippen LogP contribution in [0.2, 0.25) is 0 Å². The Kier molecular flexibility index (Phi) is 8.34. The molecular weight excluding hydrogens is 509 g/mol. The molecule has 1 fully saturated rings. The zero-order valence-corrected chi connectivity index (χ0v) is 22.8. The van der Waals surface area contributed by atoms with Crippen molar-refractivity contribution in [3.8, 4) is 11.5 Å². The van der Waals surface area contributed by atoms with Crippen LogP contribution in [0.15, 0.2) is 72.9 Å². The molecular formula is C32H34FN3O4. The van der Waals surface area contributed by atoms with Crippen LogP contribution in [0.5, 0.6) is 11.5 Å². The van der Waals surface area contributed by atoms with Crippen LogP contribution in [-0.4, -0.2) is 37.1 Å². The number of carbonyl (C=O) groups is 2. The molecule has 0 saturated heterocycles. The van der Waals surface area contributed by atoms with Gasteiger partial charge in [-0.05, 0) is 54.8 Å². The number of halogens is 1. The summed E-state index contributed by atoms with van der Waals surface area (Å²) >= 11 is 0. The smallest absolute Gasteiger partial charge is 0.248 e. The predicted octanol–water partition coefficient (Wildman–Crippen LogP) is 6.09. The maximum absolute atomic E-state index is 14.6. The number of anilines is 1. The highest BCUT2D eigenvalue weighted by Gasteiger charge is 2.36. The largest absolute Gasteiger partial charge is 0.497 e. The lowest BCUT2D eigenvalue weighted by molar-refractivity contribution is -0.127. The van der Waals surface area contributed by atoms with Crippen LogP contribution in [0.1, 0.15) is 49.3 Å². The van der Waals surface area contributed by atoms with Crippen LogP contribution in [0, 0.1) is 5.82 Å². The number of benzene rings is 3. The van der Waals surface area contributed by atoms with Gasteiger partial charge in [0.05, 0.1) is 20.6 Å². The average Bonchev–Trinajstić information content (AvgIpc) is 3.38. The lowest BCUT2D eigenvalue weighted by atomic mass is 9.94. The van der Waals surface area contributed by atoms with Crippen molar-refractivity contribution in [1.82, 2.24) is 10.3 Å². The highest BCUT2D eigenvalue weighted by molar-refractivity contribution is 6.03. The molecule has 4 aromatic rings. The minimum Gasteiger partial charge on any atom is -0.497 e. The van der Waals surface area contributed by atoms with Gasteiger partial charge in [0.1, 0.15) is 23.4 Å². The quantitative estimate of drug-likeness (QED) is 0.268. The van der Waals surface area contributed by atoms with Crippen molar-refractivity contribution in [1.29, 1.82) is 0 Å². The summed E-state index contributed by atoms with van der Waals surface area (Å²) in [5.74, 6) is -0.252. The molecule has 1 aliphatic rings. The number of nitrogens with zero attached hydrogens (tertiary/aromatic N) is 1. The summed E-state index contributed by atoms with van der Waals surface area (Å²) in [6, 6.07) is 17.5. The van der Waals surface area contributed by atoms with Crippen molar-refractivity contribution in [2.24, 2.45) is 0 Å². The number of aromatic amines is 1. The number of fused-ring (bicyclic) bond motifs is 1. The number of rotatable bonds is 9. The zero-order valence-electron chi connectivity index (χ0n) is 22.8. The maximum Gasteiger partial charge on any atom is 0.248 e. The van der Waals surface area contributed by atoms with E-state index < -0.39 is 11.9 Å². The summed E-state index contributed by atoms with van der Waals surface area (Å²) < 4.78 is 25.6. The number of nitrogens with one attached hydrogen (secondary N) is 2. The monoisotopic (exact) mass is 543 g/mol. The Balaban J connectivity index is 1.61. The summed E-state index contributed by atoms with van der Waals surface area (Å²) in [6.07, 6.45) is 6.77. The van der Waals surface area contributed by atoms with Gasteiger partial charge in [0, 0.05) is 40.5 Å². The normalized spacial score (nSPS) is 14.5. The highest BCUT2D eigenvalue weighted by atomic mass is 19.1. The second kappa shape index (κ2) is 12.2. The van der Waals surface area contributed by atoms with E-state index >= 15 is 0 Å². The second-order valence-electron chi connectivity index (χ2n) is 10.1. The Bertz CT molecular complexity index is 1490. The van der Waals surface area contributed by atoms with Crippen LogP contribution < -0.4 is 19.7 Å². The van der Waals surface area contributed by atoms with Gasteiger partial charge in [0.15, 0.2) is 0 Å². The number of amides is 2. The standard InChI is InChI=1S/C32H34FN3O4/c1-39-25-15-16-27(29(19-25)40-2)31(32(38)35-23-10-4-3-5-11-23)36(24-12-8-9-22(33)18-24)30(37)17-21-20-34-28-14-7-6-13-26(21)28/h6-9,12-16,18-20,23,31,34H,3-5,10-11,17H2,1-2H3,(H,35,38). The lowest BCUT2D eigenvalue weighted by Gasteiger charge is -2.34. The number of H-pyrrole nitrogens is 1. The van der Waals surface area contributed by atoms with E-state index in [0.717, 1.165) is 48.6 Å². The number of carbonyl (C=O) groups excluding carboxylic acids is 2. The molecule has 0 aliphatic heterocycles. The summed E-state index contributed by atoms with van der Waals surface area (Å²) in [4.78, 5) is 33.0. The first-order chi connectivity index (χ1) is 19.5. The molecule has 1 heterocycles. The van der Waals surface area contributed by atoms with Crippen LogP contribution in [0.4, 0.5) is 10.1 Å². The Hall–Kier alpha value is -4.33. The minimum atomic E-state index is -1.11. The first-order valence-electron chi connectivity index (χ1n) is 13.6. The molecule has 40 heavy (non-hydrogen) atoms. The van der Waals surface area contributed by atoms with Crippen molar-refractivity contribution in [3.63, 3.8) is 0 Å². The topological polar surface area (TPSA) is 83.7 Å². The van der Waals surface area contributed by atoms with Crippen molar-refractivity contribution >= 4 is 28.4 Å². The minimum absolute atomic E-state index is 0.00562. The molecule has 1 aromatic heterocycles. The fourth-order valence-electron chi connectivity index (χ4n) is 5.56. The molecule has 0 bridgehead atoms. The van der Waals surface area contributed by atoms with Crippen LogP contribution >= 0.6 is 0 Å². The van der Waals surface area contributed by atoms with Gasteiger partial charge in [0.2, 0.25) is 11.8 Å². The van der Waals surface area contributed by atoms with Crippen LogP contribution in [0.25, 0.3) is 10.9 Å². The summed E-state index contributed by atoms with van der Waals surface area (Å²) in [5.41, 5.74) is 2.46. The third kappa shape index (κ3) is 5.81. The van der Waals surface area contributed by atoms with Crippen molar-refractivity contribution in [2.45, 2.75) is 50.6 Å². The molecule has 0 radical (unpaired) electrons. The molecule has 1 saturated carbocycles. The predicted molar refractivity (Wildman–Crippen MR) is 153 cm³/mol. The van der Waals surface area contributed by atoms with Crippen LogP contribution in [-0.2, 0) is 16.0 Å². The highest BCUT2D eigenvalue weighted by Crippen LogP contribution is 2.37. The van der Waals surface area contributed by atoms with Gasteiger partial charge in [0.25, 0.3) is 0 Å². The molecule has 2 amide bonds. The third-order valence-electron chi connectivity index (χ3n) is 7.56. The number of hydrogen-bond donors (Lipinski definition) is 2. The van der Waals surface area contributed by atoms with E-state index in [2.05, 4.69) is 10.3 Å². The molecule has 3 aromatic carbocycles. The number of para-hydroxylation sites is 1. The fourth-order valence-corrected chi connectivity index (χ4v) is 5.56. The van der Waals surface area contributed by atoms with Gasteiger partial charge in [-0.2, -0.15) is 0 Å². The molecule has 2 N–H and O–H groups in total. The van der Waals surface area contributed by atoms with E-state index in [4.69, 9.17) is 9.47 Å². The van der Waals surface area contributed by atoms with Gasteiger partial charge in [-0.1, -0.05) is 43.5 Å². The van der Waals surface area contributed by atoms with Gasteiger partial charge >= 0.3 is 0 Å².